The first-order valence-electron chi connectivity index (χ1n) is 30.3. The highest BCUT2D eigenvalue weighted by Crippen LogP contribution is 2.24. The second-order valence-electron chi connectivity index (χ2n) is 21.1. The minimum atomic E-state index is -0.427. The molecule has 0 spiro atoms. The third-order valence-electron chi connectivity index (χ3n) is 14.1. The predicted octanol–water partition coefficient (Wildman–Crippen LogP) is 17.4. The Morgan fingerprint density at radius 1 is 0.377 bits per heavy atom. The average Bonchev–Trinajstić information content (AvgIpc) is 3.33. The van der Waals surface area contributed by atoms with Gasteiger partial charge in [-0.2, -0.15) is 0 Å². The molecule has 9 nitrogen and oxygen atoms in total. The van der Waals surface area contributed by atoms with Crippen LogP contribution in [0, 0.1) is 11.8 Å². The van der Waals surface area contributed by atoms with Crippen molar-refractivity contribution in [2.45, 2.75) is 303 Å². The van der Waals surface area contributed by atoms with Gasteiger partial charge in [-0.1, -0.05) is 233 Å². The monoisotopic (exact) mass is 979 g/mol. The molecule has 9 heteroatoms. The van der Waals surface area contributed by atoms with Crippen molar-refractivity contribution in [3.8, 4) is 0 Å². The van der Waals surface area contributed by atoms with E-state index in [1.165, 1.54) is 180 Å². The Labute approximate surface area is 429 Å². The number of amides is 1. The summed E-state index contributed by atoms with van der Waals surface area (Å²) in [6.45, 7) is 12.1. The Bertz CT molecular complexity index is 984. The third-order valence-corrected chi connectivity index (χ3v) is 14.1. The van der Waals surface area contributed by atoms with Crippen LogP contribution in [0.3, 0.4) is 0 Å². The zero-order valence-corrected chi connectivity index (χ0v) is 47.0. The lowest BCUT2D eigenvalue weighted by Crippen LogP contribution is -2.32. The molecule has 0 radical (unpaired) electrons. The topological polar surface area (TPSA) is 103 Å². The Balaban J connectivity index is 5.16. The van der Waals surface area contributed by atoms with Crippen LogP contribution in [-0.2, 0) is 28.5 Å². The summed E-state index contributed by atoms with van der Waals surface area (Å²) in [5, 5.41) is 2.86. The molecule has 0 unspecified atom stereocenters. The van der Waals surface area contributed by atoms with Crippen molar-refractivity contribution in [3.05, 3.63) is 0 Å². The van der Waals surface area contributed by atoms with Gasteiger partial charge in [0.25, 0.3) is 0 Å². The molecule has 410 valence electrons. The molecule has 69 heavy (non-hydrogen) atoms. The number of hydrogen-bond acceptors (Lipinski definition) is 8. The largest absolute Gasteiger partial charge is 0.465 e. The zero-order chi connectivity index (χ0) is 50.5. The van der Waals surface area contributed by atoms with Crippen LogP contribution in [0.1, 0.15) is 297 Å². The first-order valence-corrected chi connectivity index (χ1v) is 30.3. The first-order chi connectivity index (χ1) is 33.8. The quantitative estimate of drug-likeness (QED) is 0.0365. The zero-order valence-electron chi connectivity index (χ0n) is 47.0. The van der Waals surface area contributed by atoms with E-state index in [4.69, 9.17) is 18.9 Å². The maximum absolute atomic E-state index is 13.4. The number of ether oxygens (including phenoxy) is 4. The van der Waals surface area contributed by atoms with Crippen molar-refractivity contribution in [2.75, 3.05) is 53.6 Å². The minimum absolute atomic E-state index is 0.00332. The van der Waals surface area contributed by atoms with Crippen LogP contribution < -0.4 is 5.32 Å². The van der Waals surface area contributed by atoms with Gasteiger partial charge in [-0.3, -0.25) is 9.59 Å². The summed E-state index contributed by atoms with van der Waals surface area (Å²) in [5.41, 5.74) is 0. The fourth-order valence-corrected chi connectivity index (χ4v) is 9.42. The highest BCUT2D eigenvalue weighted by Gasteiger charge is 2.22. The average molecular weight is 980 g/mol. The number of hydrogen-bond donors (Lipinski definition) is 1. The molecule has 1 N–H and O–H groups in total. The van der Waals surface area contributed by atoms with E-state index in [0.717, 1.165) is 83.6 Å². The highest BCUT2D eigenvalue weighted by molar-refractivity contribution is 5.72. The number of nitrogens with zero attached hydrogens (tertiary/aromatic N) is 1. The molecule has 0 bridgehead atoms. The molecule has 0 aromatic heterocycles. The van der Waals surface area contributed by atoms with E-state index in [9.17, 15) is 14.4 Å². The number of carbonyl (C=O) groups is 3. The molecule has 0 atom stereocenters. The maximum Gasteiger partial charge on any atom is 0.407 e. The lowest BCUT2D eigenvalue weighted by molar-refractivity contribution is -0.150. The van der Waals surface area contributed by atoms with Crippen LogP contribution in [0.5, 0.6) is 0 Å². The van der Waals surface area contributed by atoms with E-state index in [1.807, 2.05) is 14.1 Å². The molecule has 0 saturated carbocycles. The molecule has 0 rings (SSSR count). The minimum Gasteiger partial charge on any atom is -0.465 e. The van der Waals surface area contributed by atoms with Gasteiger partial charge in [-0.25, -0.2) is 4.79 Å². The third kappa shape index (κ3) is 48.2. The van der Waals surface area contributed by atoms with E-state index in [2.05, 4.69) is 37.9 Å². The molecule has 0 aliphatic carbocycles. The summed E-state index contributed by atoms with van der Waals surface area (Å²) in [7, 11) is 4.02. The number of nitrogens with one attached hydrogen (secondary N) is 1. The standard InChI is InChI=1S/C60H118N2O7/c1-7-11-15-19-23-27-31-35-43-55(44-36-32-28-24-20-16-12-8-2)58(63)67-51-41-39-47-57(69-60(65)61-49-53-66-54-50-62(5)6)48-40-42-52-68-59(64)56(45-37-33-29-25-21-17-13-9-3)46-38-34-30-26-22-18-14-10-4/h55-57H,7-54H2,1-6H3,(H,61,65). The summed E-state index contributed by atoms with van der Waals surface area (Å²) in [5.74, 6) is -0.0469. The number of carbonyl (C=O) groups excluding carboxylic acids is 3. The Hall–Kier alpha value is -1.87. The molecular formula is C60H118N2O7. The van der Waals surface area contributed by atoms with Gasteiger partial charge in [0.05, 0.1) is 38.3 Å². The van der Waals surface area contributed by atoms with Crippen LogP contribution in [0.4, 0.5) is 4.79 Å². The Kier molecular flexibility index (Phi) is 52.5. The molecule has 0 saturated heterocycles. The van der Waals surface area contributed by atoms with Crippen LogP contribution in [-0.4, -0.2) is 82.6 Å². The number of rotatable bonds is 55. The van der Waals surface area contributed by atoms with Gasteiger partial charge in [-0.15, -0.1) is 0 Å². The van der Waals surface area contributed by atoms with Crippen molar-refractivity contribution in [3.63, 3.8) is 0 Å². The number of likely N-dealkylation sites (N-methyl/N-ethyl adjacent to an activating group) is 1. The van der Waals surface area contributed by atoms with Crippen molar-refractivity contribution in [1.82, 2.24) is 10.2 Å². The molecule has 0 aliphatic rings. The van der Waals surface area contributed by atoms with Crippen LogP contribution >= 0.6 is 0 Å². The Morgan fingerprint density at radius 2 is 0.681 bits per heavy atom. The fraction of sp³-hybridized carbons (Fsp3) is 0.950. The highest BCUT2D eigenvalue weighted by atomic mass is 16.6. The fourth-order valence-electron chi connectivity index (χ4n) is 9.42. The summed E-state index contributed by atoms with van der Waals surface area (Å²) in [6.07, 6.45) is 48.1. The summed E-state index contributed by atoms with van der Waals surface area (Å²) < 4.78 is 23.5. The predicted molar refractivity (Wildman–Crippen MR) is 293 cm³/mol. The van der Waals surface area contributed by atoms with Gasteiger partial charge >= 0.3 is 18.0 Å². The van der Waals surface area contributed by atoms with E-state index < -0.39 is 6.09 Å². The van der Waals surface area contributed by atoms with Crippen LogP contribution in [0.2, 0.25) is 0 Å². The first kappa shape index (κ1) is 67.1. The van der Waals surface area contributed by atoms with Gasteiger partial charge in [0.15, 0.2) is 0 Å². The second-order valence-corrected chi connectivity index (χ2v) is 21.1. The number of esters is 2. The van der Waals surface area contributed by atoms with Crippen LogP contribution in [0.15, 0.2) is 0 Å². The SMILES string of the molecule is CCCCCCCCCCC(CCCCCCCCCC)C(=O)OCCCCC(CCCCOC(=O)C(CCCCCCCCCC)CCCCCCCCCC)OC(=O)NCCOCCN(C)C. The molecule has 0 fully saturated rings. The van der Waals surface area contributed by atoms with E-state index in [-0.39, 0.29) is 29.9 Å². The van der Waals surface area contributed by atoms with Gasteiger partial charge in [0.2, 0.25) is 0 Å². The lowest BCUT2D eigenvalue weighted by Gasteiger charge is -2.19. The lowest BCUT2D eigenvalue weighted by atomic mass is 9.94. The van der Waals surface area contributed by atoms with Crippen molar-refractivity contribution in [2.24, 2.45) is 11.8 Å². The van der Waals surface area contributed by atoms with Crippen molar-refractivity contribution < 1.29 is 33.3 Å². The normalized spacial score (nSPS) is 11.7. The molecule has 0 heterocycles. The van der Waals surface area contributed by atoms with E-state index in [0.29, 0.717) is 45.8 Å². The van der Waals surface area contributed by atoms with Gasteiger partial charge < -0.3 is 29.2 Å². The molecule has 0 aliphatic heterocycles. The second kappa shape index (κ2) is 53.9. The smallest absolute Gasteiger partial charge is 0.407 e. The summed E-state index contributed by atoms with van der Waals surface area (Å²) in [4.78, 5) is 41.9. The van der Waals surface area contributed by atoms with Gasteiger partial charge in [0, 0.05) is 13.1 Å². The van der Waals surface area contributed by atoms with Gasteiger partial charge in [0.1, 0.15) is 6.10 Å². The van der Waals surface area contributed by atoms with E-state index in [1.54, 1.807) is 0 Å². The number of alkyl carbamates (subject to hydrolysis) is 1. The Morgan fingerprint density at radius 3 is 1.00 bits per heavy atom. The molecular weight excluding hydrogens is 861 g/mol. The molecule has 0 aromatic carbocycles. The van der Waals surface area contributed by atoms with Crippen molar-refractivity contribution >= 4 is 18.0 Å². The number of unbranched alkanes of at least 4 members (excludes halogenated alkanes) is 30. The van der Waals surface area contributed by atoms with Crippen LogP contribution in [0.25, 0.3) is 0 Å². The van der Waals surface area contributed by atoms with Gasteiger partial charge in [-0.05, 0) is 78.3 Å². The maximum atomic E-state index is 13.4. The molecule has 1 amide bonds. The molecule has 0 aromatic rings. The van der Waals surface area contributed by atoms with E-state index >= 15 is 0 Å². The van der Waals surface area contributed by atoms with Crippen molar-refractivity contribution in [1.29, 1.82) is 0 Å². The summed E-state index contributed by atoms with van der Waals surface area (Å²) in [6, 6.07) is 0. The summed E-state index contributed by atoms with van der Waals surface area (Å²) >= 11 is 0.